The molecule has 1 nitrogen and oxygen atoms in total. The van der Waals surface area contributed by atoms with Crippen LogP contribution in [0.4, 0.5) is 0 Å². The second-order valence-electron chi connectivity index (χ2n) is 2.67. The Hall–Kier alpha value is -0.480. The van der Waals surface area contributed by atoms with E-state index >= 15 is 0 Å². The van der Waals surface area contributed by atoms with E-state index in [1.165, 1.54) is 0 Å². The molecule has 1 saturated carbocycles. The Balaban J connectivity index is 2.33. The molecular formula is C8H12O. The molecule has 50 valence electrons. The van der Waals surface area contributed by atoms with Gasteiger partial charge < -0.3 is 5.11 Å². The molecule has 0 spiro atoms. The van der Waals surface area contributed by atoms with Crippen molar-refractivity contribution in [2.45, 2.75) is 31.8 Å². The fourth-order valence-corrected chi connectivity index (χ4v) is 1.41. The maximum Gasteiger partial charge on any atom is 0.0577 e. The van der Waals surface area contributed by atoms with E-state index < -0.39 is 0 Å². The van der Waals surface area contributed by atoms with Crippen molar-refractivity contribution in [3.63, 3.8) is 0 Å². The molecule has 0 aromatic heterocycles. The van der Waals surface area contributed by atoms with Crippen molar-refractivity contribution in [3.8, 4) is 12.3 Å². The van der Waals surface area contributed by atoms with Crippen LogP contribution in [0.2, 0.25) is 0 Å². The van der Waals surface area contributed by atoms with Crippen molar-refractivity contribution in [1.29, 1.82) is 0 Å². The van der Waals surface area contributed by atoms with Gasteiger partial charge in [0.05, 0.1) is 6.10 Å². The normalized spacial score (nSPS) is 34.2. The Bertz CT molecular complexity index is 123. The molecule has 1 fully saturated rings. The van der Waals surface area contributed by atoms with Crippen LogP contribution in [0.1, 0.15) is 25.7 Å². The molecule has 2 atom stereocenters. The van der Waals surface area contributed by atoms with Gasteiger partial charge in [-0.1, -0.05) is 6.42 Å². The van der Waals surface area contributed by atoms with E-state index in [9.17, 15) is 5.11 Å². The molecule has 1 rings (SSSR count). The molecule has 0 saturated heterocycles. The van der Waals surface area contributed by atoms with E-state index in [1.54, 1.807) is 0 Å². The lowest BCUT2D eigenvalue weighted by molar-refractivity contribution is 0.135. The predicted molar refractivity (Wildman–Crippen MR) is 36.8 cm³/mol. The molecule has 9 heavy (non-hydrogen) atoms. The van der Waals surface area contributed by atoms with Gasteiger partial charge in [0.1, 0.15) is 0 Å². The summed E-state index contributed by atoms with van der Waals surface area (Å²) in [7, 11) is 0. The van der Waals surface area contributed by atoms with E-state index in [-0.39, 0.29) is 6.10 Å². The molecular weight excluding hydrogens is 112 g/mol. The van der Waals surface area contributed by atoms with Gasteiger partial charge in [-0.05, 0) is 18.8 Å². The van der Waals surface area contributed by atoms with E-state index in [0.29, 0.717) is 5.92 Å². The van der Waals surface area contributed by atoms with Crippen LogP contribution in [-0.2, 0) is 0 Å². The molecule has 0 radical (unpaired) electrons. The van der Waals surface area contributed by atoms with Crippen LogP contribution in [0.5, 0.6) is 0 Å². The average Bonchev–Trinajstić information content (AvgIpc) is 2.18. The molecule has 0 amide bonds. The number of rotatable bonds is 1. The van der Waals surface area contributed by atoms with Crippen molar-refractivity contribution in [3.05, 3.63) is 0 Å². The zero-order valence-electron chi connectivity index (χ0n) is 5.51. The maximum atomic E-state index is 9.22. The fourth-order valence-electron chi connectivity index (χ4n) is 1.41. The highest BCUT2D eigenvalue weighted by Crippen LogP contribution is 2.27. The van der Waals surface area contributed by atoms with Crippen molar-refractivity contribution >= 4 is 0 Å². The number of aliphatic hydroxyl groups excluding tert-OH is 1. The Morgan fingerprint density at radius 1 is 1.56 bits per heavy atom. The molecule has 0 unspecified atom stereocenters. The summed E-state index contributed by atoms with van der Waals surface area (Å²) in [6.07, 6.45) is 8.96. The van der Waals surface area contributed by atoms with Gasteiger partial charge in [-0.25, -0.2) is 0 Å². The number of aliphatic hydroxyl groups is 1. The lowest BCUT2D eigenvalue weighted by atomic mass is 10.0. The molecule has 0 aromatic carbocycles. The van der Waals surface area contributed by atoms with Crippen LogP contribution in [0, 0.1) is 18.3 Å². The maximum absolute atomic E-state index is 9.22. The van der Waals surface area contributed by atoms with Gasteiger partial charge in [-0.3, -0.25) is 0 Å². The van der Waals surface area contributed by atoms with Crippen LogP contribution in [0.25, 0.3) is 0 Å². The van der Waals surface area contributed by atoms with Crippen molar-refractivity contribution in [2.75, 3.05) is 0 Å². The van der Waals surface area contributed by atoms with Crippen molar-refractivity contribution in [1.82, 2.24) is 0 Å². The van der Waals surface area contributed by atoms with E-state index in [2.05, 4.69) is 5.92 Å². The van der Waals surface area contributed by atoms with E-state index in [1.807, 2.05) is 0 Å². The first-order chi connectivity index (χ1) is 4.34. The van der Waals surface area contributed by atoms with Gasteiger partial charge in [-0.15, -0.1) is 12.3 Å². The summed E-state index contributed by atoms with van der Waals surface area (Å²) in [5.74, 6) is 2.98. The highest BCUT2D eigenvalue weighted by molar-refractivity contribution is 4.91. The minimum atomic E-state index is -0.110. The Labute approximate surface area is 56.1 Å². The minimum Gasteiger partial charge on any atom is -0.393 e. The Kier molecular flexibility index (Phi) is 2.13. The first-order valence-electron chi connectivity index (χ1n) is 3.46. The van der Waals surface area contributed by atoms with Gasteiger partial charge >= 0.3 is 0 Å². The zero-order chi connectivity index (χ0) is 6.69. The molecule has 1 N–H and O–H groups in total. The van der Waals surface area contributed by atoms with Gasteiger partial charge in [0.2, 0.25) is 0 Å². The van der Waals surface area contributed by atoms with Gasteiger partial charge in [0.25, 0.3) is 0 Å². The first kappa shape index (κ1) is 6.64. The number of hydrogen-bond acceptors (Lipinski definition) is 1. The monoisotopic (exact) mass is 124 g/mol. The zero-order valence-corrected chi connectivity index (χ0v) is 5.51. The highest BCUT2D eigenvalue weighted by atomic mass is 16.3. The SMILES string of the molecule is C#CC[C@@H]1CCC[C@H]1O. The fraction of sp³-hybridized carbons (Fsp3) is 0.750. The summed E-state index contributed by atoms with van der Waals surface area (Å²) in [5, 5.41) is 9.22. The second kappa shape index (κ2) is 2.89. The van der Waals surface area contributed by atoms with E-state index in [0.717, 1.165) is 25.7 Å². The topological polar surface area (TPSA) is 20.2 Å². The van der Waals surface area contributed by atoms with E-state index in [4.69, 9.17) is 6.42 Å². The number of terminal acetylenes is 1. The van der Waals surface area contributed by atoms with Gasteiger partial charge in [0.15, 0.2) is 0 Å². The van der Waals surface area contributed by atoms with Crippen LogP contribution in [0.3, 0.4) is 0 Å². The second-order valence-corrected chi connectivity index (χ2v) is 2.67. The number of hydrogen-bond donors (Lipinski definition) is 1. The first-order valence-corrected chi connectivity index (χ1v) is 3.46. The summed E-state index contributed by atoms with van der Waals surface area (Å²) >= 11 is 0. The summed E-state index contributed by atoms with van der Waals surface area (Å²) in [5.41, 5.74) is 0. The quantitative estimate of drug-likeness (QED) is 0.520. The third-order valence-electron chi connectivity index (χ3n) is 2.00. The summed E-state index contributed by atoms with van der Waals surface area (Å²) in [6.45, 7) is 0. The van der Waals surface area contributed by atoms with Crippen LogP contribution >= 0.6 is 0 Å². The molecule has 0 heterocycles. The molecule has 1 heteroatoms. The Morgan fingerprint density at radius 3 is 2.78 bits per heavy atom. The summed E-state index contributed by atoms with van der Waals surface area (Å²) in [4.78, 5) is 0. The van der Waals surface area contributed by atoms with Crippen LogP contribution < -0.4 is 0 Å². The molecule has 0 aromatic rings. The molecule has 0 aliphatic heterocycles. The third kappa shape index (κ3) is 1.46. The summed E-state index contributed by atoms with van der Waals surface area (Å²) in [6, 6.07) is 0. The third-order valence-corrected chi connectivity index (χ3v) is 2.00. The predicted octanol–water partition coefficient (Wildman–Crippen LogP) is 1.17. The van der Waals surface area contributed by atoms with Crippen LogP contribution in [0.15, 0.2) is 0 Å². The standard InChI is InChI=1S/C8H12O/c1-2-4-7-5-3-6-8(7)9/h1,7-9H,3-6H2/t7-,8-/m1/s1. The highest BCUT2D eigenvalue weighted by Gasteiger charge is 2.23. The van der Waals surface area contributed by atoms with Crippen molar-refractivity contribution in [2.24, 2.45) is 5.92 Å². The lowest BCUT2D eigenvalue weighted by Crippen LogP contribution is -2.11. The summed E-state index contributed by atoms with van der Waals surface area (Å²) < 4.78 is 0. The smallest absolute Gasteiger partial charge is 0.0577 e. The lowest BCUT2D eigenvalue weighted by Gasteiger charge is -2.08. The molecule has 0 bridgehead atoms. The largest absolute Gasteiger partial charge is 0.393 e. The van der Waals surface area contributed by atoms with Gasteiger partial charge in [-0.2, -0.15) is 0 Å². The minimum absolute atomic E-state index is 0.110. The van der Waals surface area contributed by atoms with Crippen molar-refractivity contribution < 1.29 is 5.11 Å². The Morgan fingerprint density at radius 2 is 2.33 bits per heavy atom. The van der Waals surface area contributed by atoms with Crippen LogP contribution in [-0.4, -0.2) is 11.2 Å². The molecule has 1 aliphatic rings. The average molecular weight is 124 g/mol. The molecule has 1 aliphatic carbocycles. The van der Waals surface area contributed by atoms with Gasteiger partial charge in [0, 0.05) is 6.42 Å².